The average Bonchev–Trinajstić information content (AvgIpc) is 3.34. The number of hydrogen-bond acceptors (Lipinski definition) is 7. The Kier molecular flexibility index (Phi) is 5.39. The van der Waals surface area contributed by atoms with E-state index in [-0.39, 0.29) is 23.5 Å². The summed E-state index contributed by atoms with van der Waals surface area (Å²) in [7, 11) is 2.68. The molecule has 192 valence electrons. The number of amides is 1. The van der Waals surface area contributed by atoms with Gasteiger partial charge in [-0.1, -0.05) is 18.2 Å². The van der Waals surface area contributed by atoms with E-state index in [0.717, 1.165) is 24.1 Å². The van der Waals surface area contributed by atoms with Gasteiger partial charge in [-0.25, -0.2) is 9.79 Å². The van der Waals surface area contributed by atoms with Crippen molar-refractivity contribution in [1.29, 1.82) is 0 Å². The zero-order chi connectivity index (χ0) is 26.9. The van der Waals surface area contributed by atoms with Crippen LogP contribution >= 0.6 is 0 Å². The summed E-state index contributed by atoms with van der Waals surface area (Å²) in [5, 5.41) is 11.1. The number of halogens is 3. The first kappa shape index (κ1) is 24.5. The average molecular weight is 514 g/mol. The molecule has 3 atom stereocenters. The highest BCUT2D eigenvalue weighted by molar-refractivity contribution is 6.14. The summed E-state index contributed by atoms with van der Waals surface area (Å²) in [5.74, 6) is -1.33. The van der Waals surface area contributed by atoms with E-state index >= 15 is 0 Å². The second kappa shape index (κ2) is 8.15. The Morgan fingerprint density at radius 2 is 1.81 bits per heavy atom. The number of fused-ring (bicyclic) bond motifs is 1. The number of esters is 1. The quantitative estimate of drug-likeness (QED) is 0.350. The van der Waals surface area contributed by atoms with Crippen LogP contribution in [0.25, 0.3) is 5.70 Å². The summed E-state index contributed by atoms with van der Waals surface area (Å²) < 4.78 is 49.7. The first-order valence-corrected chi connectivity index (χ1v) is 11.3. The van der Waals surface area contributed by atoms with Crippen molar-refractivity contribution in [2.24, 2.45) is 4.99 Å². The molecular formula is C25H21F3N4O5. The van der Waals surface area contributed by atoms with Gasteiger partial charge in [0.05, 0.1) is 34.8 Å². The van der Waals surface area contributed by atoms with Gasteiger partial charge in [-0.2, -0.15) is 13.2 Å². The van der Waals surface area contributed by atoms with Crippen LogP contribution in [-0.2, 0) is 19.7 Å². The molecule has 0 N–H and O–H groups in total. The third kappa shape index (κ3) is 3.35. The predicted molar refractivity (Wildman–Crippen MR) is 127 cm³/mol. The number of ether oxygens (including phenoxy) is 1. The molecule has 5 rings (SSSR count). The molecule has 2 aromatic carbocycles. The molecule has 1 saturated heterocycles. The summed E-state index contributed by atoms with van der Waals surface area (Å²) in [4.78, 5) is 43.2. The van der Waals surface area contributed by atoms with Gasteiger partial charge in [-0.05, 0) is 30.2 Å². The molecule has 1 fully saturated rings. The maximum absolute atomic E-state index is 14.9. The lowest BCUT2D eigenvalue weighted by Gasteiger charge is -2.41. The number of anilines is 1. The van der Waals surface area contributed by atoms with Crippen LogP contribution in [0, 0.1) is 10.1 Å². The molecule has 0 radical (unpaired) electrons. The van der Waals surface area contributed by atoms with Gasteiger partial charge in [0, 0.05) is 37.4 Å². The van der Waals surface area contributed by atoms with Gasteiger partial charge >= 0.3 is 12.1 Å². The zero-order valence-corrected chi connectivity index (χ0v) is 19.9. The summed E-state index contributed by atoms with van der Waals surface area (Å²) in [6, 6.07) is 8.80. The van der Waals surface area contributed by atoms with Crippen LogP contribution < -0.4 is 4.90 Å². The fraction of sp³-hybridized carbons (Fsp3) is 0.320. The Bertz CT molecular complexity index is 1400. The van der Waals surface area contributed by atoms with Crippen molar-refractivity contribution in [2.75, 3.05) is 19.1 Å². The maximum atomic E-state index is 14.9. The lowest BCUT2D eigenvalue weighted by Crippen LogP contribution is -2.55. The second-order valence-electron chi connectivity index (χ2n) is 9.13. The molecule has 2 unspecified atom stereocenters. The van der Waals surface area contributed by atoms with Crippen molar-refractivity contribution >= 4 is 34.8 Å². The molecule has 0 saturated carbocycles. The third-order valence-corrected chi connectivity index (χ3v) is 7.29. The number of methoxy groups -OCH3 is 1. The molecule has 37 heavy (non-hydrogen) atoms. The normalized spacial score (nSPS) is 24.3. The summed E-state index contributed by atoms with van der Waals surface area (Å²) in [6.07, 6.45) is -5.01. The maximum Gasteiger partial charge on any atom is 0.416 e. The van der Waals surface area contributed by atoms with Crippen LogP contribution in [0.4, 0.5) is 24.5 Å². The first-order chi connectivity index (χ1) is 17.4. The minimum Gasteiger partial charge on any atom is -0.467 e. The number of aliphatic imine (C=N–C) groups is 1. The number of hydrogen-bond donors (Lipinski definition) is 0. The number of nitrogens with zero attached hydrogens (tertiary/aromatic N) is 4. The number of nitro groups is 1. The second-order valence-corrected chi connectivity index (χ2v) is 9.13. The highest BCUT2D eigenvalue weighted by Gasteiger charge is 2.68. The molecule has 3 aliphatic heterocycles. The van der Waals surface area contributed by atoms with E-state index in [2.05, 4.69) is 4.99 Å². The SMILES string of the molecule is COC(=O)C1C[C@@]23C(=NC(c4ccc([N+](=O)[O-])cc4)=C(C(F)(F)F)C2N(C)c2ccccc23)N1C(C)=O. The Morgan fingerprint density at radius 1 is 1.16 bits per heavy atom. The monoisotopic (exact) mass is 514 g/mol. The number of likely N-dealkylation sites (N-methyl/N-ethyl adjacent to an activating group) is 1. The smallest absolute Gasteiger partial charge is 0.416 e. The zero-order valence-electron chi connectivity index (χ0n) is 19.9. The Balaban J connectivity index is 1.86. The van der Waals surface area contributed by atoms with E-state index in [4.69, 9.17) is 4.74 Å². The number of carbonyl (C=O) groups is 2. The van der Waals surface area contributed by atoms with E-state index in [1.807, 2.05) is 0 Å². The molecule has 2 aromatic rings. The Hall–Kier alpha value is -4.22. The number of non-ortho nitro benzene ring substituents is 1. The van der Waals surface area contributed by atoms with Gasteiger partial charge < -0.3 is 9.64 Å². The number of likely N-dealkylation sites (tertiary alicyclic amines) is 1. The van der Waals surface area contributed by atoms with Gasteiger partial charge in [0.2, 0.25) is 5.91 Å². The highest BCUT2D eigenvalue weighted by Crippen LogP contribution is 2.60. The van der Waals surface area contributed by atoms with Gasteiger partial charge in [0.15, 0.2) is 0 Å². The van der Waals surface area contributed by atoms with Crippen LogP contribution in [-0.4, -0.2) is 60.0 Å². The molecule has 3 aliphatic rings. The number of alkyl halides is 3. The fourth-order valence-corrected chi connectivity index (χ4v) is 5.92. The van der Waals surface area contributed by atoms with Crippen LogP contribution in [0.3, 0.4) is 0 Å². The molecular weight excluding hydrogens is 493 g/mol. The molecule has 3 heterocycles. The van der Waals surface area contributed by atoms with Gasteiger partial charge in [0.25, 0.3) is 5.69 Å². The van der Waals surface area contributed by atoms with Crippen molar-refractivity contribution in [3.05, 3.63) is 75.3 Å². The van der Waals surface area contributed by atoms with Gasteiger partial charge in [-0.15, -0.1) is 0 Å². The van der Waals surface area contributed by atoms with Crippen molar-refractivity contribution < 1.29 is 32.4 Å². The number of carbonyl (C=O) groups excluding carboxylic acids is 2. The number of rotatable bonds is 3. The summed E-state index contributed by atoms with van der Waals surface area (Å²) in [5.41, 5.74) is -2.16. The highest BCUT2D eigenvalue weighted by atomic mass is 19.4. The largest absolute Gasteiger partial charge is 0.467 e. The number of benzene rings is 2. The number of nitro benzene ring substituents is 1. The third-order valence-electron chi connectivity index (χ3n) is 7.29. The van der Waals surface area contributed by atoms with Crippen molar-refractivity contribution in [2.45, 2.75) is 37.0 Å². The van der Waals surface area contributed by atoms with Gasteiger partial charge in [-0.3, -0.25) is 19.8 Å². The Morgan fingerprint density at radius 3 is 2.38 bits per heavy atom. The molecule has 0 aliphatic carbocycles. The fourth-order valence-electron chi connectivity index (χ4n) is 5.92. The minimum absolute atomic E-state index is 0.00611. The number of para-hydroxylation sites is 1. The van der Waals surface area contributed by atoms with Crippen LogP contribution in [0.15, 0.2) is 59.1 Å². The first-order valence-electron chi connectivity index (χ1n) is 11.3. The minimum atomic E-state index is -4.86. The van der Waals surface area contributed by atoms with Crippen LogP contribution in [0.5, 0.6) is 0 Å². The topological polar surface area (TPSA) is 105 Å². The summed E-state index contributed by atoms with van der Waals surface area (Å²) in [6.45, 7) is 1.21. The van der Waals surface area contributed by atoms with E-state index in [1.165, 1.54) is 31.0 Å². The van der Waals surface area contributed by atoms with E-state index in [1.54, 1.807) is 24.3 Å². The molecule has 1 spiro atoms. The van der Waals surface area contributed by atoms with Crippen molar-refractivity contribution in [1.82, 2.24) is 4.90 Å². The molecule has 0 aromatic heterocycles. The van der Waals surface area contributed by atoms with Gasteiger partial charge in [0.1, 0.15) is 11.9 Å². The van der Waals surface area contributed by atoms with E-state index in [9.17, 15) is 32.9 Å². The lowest BCUT2D eigenvalue weighted by atomic mass is 9.69. The molecule has 1 amide bonds. The standard InChI is InChI=1S/C25H21F3N4O5/c1-13(33)31-18(22(34)37-3)12-24-16-6-4-5-7-17(16)30(2)21(24)19(25(26,27)28)20(29-23(24)31)14-8-10-15(11-9-14)32(35)36/h4-11,18,21H,12H2,1-3H3/t18?,21?,24-/m0/s1. The number of amidine groups is 1. The predicted octanol–water partition coefficient (Wildman–Crippen LogP) is 3.83. The van der Waals surface area contributed by atoms with Crippen LogP contribution in [0.2, 0.25) is 0 Å². The van der Waals surface area contributed by atoms with Crippen molar-refractivity contribution in [3.63, 3.8) is 0 Å². The summed E-state index contributed by atoms with van der Waals surface area (Å²) >= 11 is 0. The molecule has 12 heteroatoms. The van der Waals surface area contributed by atoms with Crippen LogP contribution in [0.1, 0.15) is 24.5 Å². The molecule has 9 nitrogen and oxygen atoms in total. The molecule has 0 bridgehead atoms. The van der Waals surface area contributed by atoms with E-state index < -0.39 is 51.7 Å². The van der Waals surface area contributed by atoms with E-state index in [0.29, 0.717) is 11.3 Å². The lowest BCUT2D eigenvalue weighted by molar-refractivity contribution is -0.384. The Labute approximate surface area is 209 Å². The van der Waals surface area contributed by atoms with Crippen molar-refractivity contribution in [3.8, 4) is 0 Å².